The van der Waals surface area contributed by atoms with Crippen molar-refractivity contribution in [1.82, 2.24) is 24.6 Å². The van der Waals surface area contributed by atoms with Crippen molar-refractivity contribution in [2.24, 2.45) is 0 Å². The molecule has 0 aliphatic carbocycles. The Hall–Kier alpha value is -3.27. The van der Waals surface area contributed by atoms with Crippen molar-refractivity contribution in [3.8, 4) is 11.5 Å². The first kappa shape index (κ1) is 17.2. The number of carbonyl (C=O) groups is 1. The van der Waals surface area contributed by atoms with Gasteiger partial charge in [-0.1, -0.05) is 0 Å². The summed E-state index contributed by atoms with van der Waals surface area (Å²) in [6, 6.07) is 1.41. The van der Waals surface area contributed by atoms with Gasteiger partial charge in [-0.2, -0.15) is 9.49 Å². The molecule has 0 atom stereocenters. The Balaban J connectivity index is 1.71. The Bertz CT molecular complexity index is 1160. The third-order valence-corrected chi connectivity index (χ3v) is 4.63. The Morgan fingerprint density at radius 2 is 2.19 bits per heavy atom. The van der Waals surface area contributed by atoms with Crippen LogP contribution in [-0.2, 0) is 6.42 Å². The Morgan fingerprint density at radius 3 is 2.96 bits per heavy atom. The van der Waals surface area contributed by atoms with Crippen molar-refractivity contribution in [2.75, 3.05) is 0 Å². The molecule has 0 aliphatic rings. The molecular weight excluding hydrogens is 376 g/mol. The number of Topliss-reactive ketones (excluding diaryl/α,β-unsaturated/α-hetero) is 1. The van der Waals surface area contributed by atoms with E-state index in [9.17, 15) is 13.6 Å². The molecule has 0 saturated heterocycles. The van der Waals surface area contributed by atoms with Crippen LogP contribution in [0.1, 0.15) is 21.1 Å². The summed E-state index contributed by atoms with van der Waals surface area (Å²) < 4.78 is 33.9. The van der Waals surface area contributed by atoms with Gasteiger partial charge in [-0.15, -0.1) is 11.3 Å². The number of ether oxygens (including phenoxy) is 1. The van der Waals surface area contributed by atoms with E-state index >= 15 is 0 Å². The Labute approximate surface area is 155 Å². The minimum absolute atomic E-state index is 0.0837. The molecule has 0 radical (unpaired) electrons. The van der Waals surface area contributed by atoms with Crippen molar-refractivity contribution < 1.29 is 18.3 Å². The van der Waals surface area contributed by atoms with Crippen LogP contribution in [0, 0.1) is 18.6 Å². The van der Waals surface area contributed by atoms with E-state index in [0.717, 1.165) is 18.1 Å². The van der Waals surface area contributed by atoms with E-state index in [1.165, 1.54) is 34.4 Å². The molecule has 0 unspecified atom stereocenters. The number of aromatic nitrogens is 5. The lowest BCUT2D eigenvalue weighted by atomic mass is 10.1. The van der Waals surface area contributed by atoms with Gasteiger partial charge in [0.2, 0.25) is 5.82 Å². The van der Waals surface area contributed by atoms with Gasteiger partial charge in [0.05, 0.1) is 30.6 Å². The number of hydrogen-bond donors (Lipinski definition) is 0. The number of fused-ring (bicyclic) bond motifs is 1. The number of hydrogen-bond acceptors (Lipinski definition) is 7. The van der Waals surface area contributed by atoms with Gasteiger partial charge >= 0.3 is 0 Å². The molecule has 0 aromatic carbocycles. The minimum atomic E-state index is -1.17. The van der Waals surface area contributed by atoms with E-state index in [-0.39, 0.29) is 23.5 Å². The van der Waals surface area contributed by atoms with Crippen molar-refractivity contribution in [1.29, 1.82) is 0 Å². The van der Waals surface area contributed by atoms with Gasteiger partial charge in [-0.05, 0) is 13.0 Å². The largest absolute Gasteiger partial charge is 0.451 e. The number of ketones is 1. The average molecular weight is 387 g/mol. The Morgan fingerprint density at radius 1 is 1.33 bits per heavy atom. The molecule has 4 heterocycles. The third-order valence-electron chi connectivity index (χ3n) is 3.66. The number of pyridine rings is 2. The van der Waals surface area contributed by atoms with Gasteiger partial charge in [0.15, 0.2) is 23.0 Å². The second-order valence-electron chi connectivity index (χ2n) is 5.64. The molecule has 4 aromatic rings. The SMILES string of the molecule is Cc1csc(CC(=O)c2cc(Oc3cncc(F)c3F)cn3ncnc23)n1. The number of nitrogens with zero attached hydrogens (tertiary/aromatic N) is 5. The van der Waals surface area contributed by atoms with Crippen molar-refractivity contribution >= 4 is 22.8 Å². The maximum Gasteiger partial charge on any atom is 0.204 e. The predicted molar refractivity (Wildman–Crippen MR) is 92.1 cm³/mol. The van der Waals surface area contributed by atoms with Crippen LogP contribution in [0.15, 0.2) is 36.4 Å². The highest BCUT2D eigenvalue weighted by molar-refractivity contribution is 7.09. The van der Waals surface area contributed by atoms with Crippen LogP contribution in [0.2, 0.25) is 0 Å². The summed E-state index contributed by atoms with van der Waals surface area (Å²) in [4.78, 5) is 24.7. The fraction of sp³-hybridized carbons (Fsp3) is 0.118. The predicted octanol–water partition coefficient (Wildman–Crippen LogP) is 3.39. The maximum atomic E-state index is 13.8. The number of thiazole rings is 1. The molecule has 0 saturated carbocycles. The molecule has 0 fully saturated rings. The van der Waals surface area contributed by atoms with Gasteiger partial charge in [0.1, 0.15) is 17.1 Å². The smallest absolute Gasteiger partial charge is 0.204 e. The van der Waals surface area contributed by atoms with E-state index < -0.39 is 17.4 Å². The first-order valence-electron chi connectivity index (χ1n) is 7.75. The van der Waals surface area contributed by atoms with Crippen LogP contribution in [0.3, 0.4) is 0 Å². The lowest BCUT2D eigenvalue weighted by Gasteiger charge is -2.09. The molecule has 7 nitrogen and oxygen atoms in total. The standard InChI is InChI=1S/C17H11F2N5O2S/c1-9-7-27-15(23-9)3-13(25)11-2-10(6-24-17(11)21-8-22-24)26-14-5-20-4-12(18)16(14)19/h2,4-8H,3H2,1H3. The fourth-order valence-corrected chi connectivity index (χ4v) is 3.25. The van der Waals surface area contributed by atoms with Crippen LogP contribution in [0.5, 0.6) is 11.5 Å². The van der Waals surface area contributed by atoms with Crippen LogP contribution in [0.4, 0.5) is 8.78 Å². The Kier molecular flexibility index (Phi) is 4.32. The maximum absolute atomic E-state index is 13.8. The van der Waals surface area contributed by atoms with Gasteiger partial charge in [-0.25, -0.2) is 18.9 Å². The van der Waals surface area contributed by atoms with Gasteiger partial charge in [-0.3, -0.25) is 9.78 Å². The molecule has 136 valence electrons. The zero-order chi connectivity index (χ0) is 19.0. The van der Waals surface area contributed by atoms with Crippen molar-refractivity contribution in [3.63, 3.8) is 0 Å². The van der Waals surface area contributed by atoms with Crippen molar-refractivity contribution in [2.45, 2.75) is 13.3 Å². The number of rotatable bonds is 5. The van der Waals surface area contributed by atoms with Gasteiger partial charge in [0.25, 0.3) is 0 Å². The molecule has 0 aliphatic heterocycles. The second kappa shape index (κ2) is 6.80. The number of aryl methyl sites for hydroxylation is 1. The molecule has 0 spiro atoms. The zero-order valence-corrected chi connectivity index (χ0v) is 14.7. The molecule has 4 rings (SSSR count). The van der Waals surface area contributed by atoms with Crippen LogP contribution in [0.25, 0.3) is 5.65 Å². The monoisotopic (exact) mass is 387 g/mol. The highest BCUT2D eigenvalue weighted by atomic mass is 32.1. The first-order chi connectivity index (χ1) is 13.0. The molecule has 0 N–H and O–H groups in total. The fourth-order valence-electron chi connectivity index (χ4n) is 2.48. The van der Waals surface area contributed by atoms with Crippen LogP contribution < -0.4 is 4.74 Å². The first-order valence-corrected chi connectivity index (χ1v) is 8.63. The molecule has 0 amide bonds. The topological polar surface area (TPSA) is 82.3 Å². The van der Waals surface area contributed by atoms with Crippen molar-refractivity contribution in [3.05, 3.63) is 64.3 Å². The average Bonchev–Trinajstić information content (AvgIpc) is 3.27. The summed E-state index contributed by atoms with van der Waals surface area (Å²) in [5, 5.41) is 6.52. The van der Waals surface area contributed by atoms with Crippen LogP contribution >= 0.6 is 11.3 Å². The summed E-state index contributed by atoms with van der Waals surface area (Å²) in [6.07, 6.45) is 4.57. The van der Waals surface area contributed by atoms with E-state index in [1.54, 1.807) is 0 Å². The third kappa shape index (κ3) is 3.38. The highest BCUT2D eigenvalue weighted by Gasteiger charge is 2.18. The summed E-state index contributed by atoms with van der Waals surface area (Å²) >= 11 is 1.38. The van der Waals surface area contributed by atoms with Gasteiger partial charge in [0, 0.05) is 11.1 Å². The highest BCUT2D eigenvalue weighted by Crippen LogP contribution is 2.27. The van der Waals surface area contributed by atoms with E-state index in [4.69, 9.17) is 4.74 Å². The molecule has 0 bridgehead atoms. The van der Waals surface area contributed by atoms with E-state index in [0.29, 0.717) is 10.7 Å². The molecule has 10 heteroatoms. The summed E-state index contributed by atoms with van der Waals surface area (Å²) in [5.74, 6) is -2.85. The normalized spacial score (nSPS) is 11.1. The van der Waals surface area contributed by atoms with E-state index in [1.807, 2.05) is 12.3 Å². The number of halogens is 2. The molecule has 4 aromatic heterocycles. The summed E-state index contributed by atoms with van der Waals surface area (Å²) in [5.41, 5.74) is 1.41. The molecule has 27 heavy (non-hydrogen) atoms. The number of carbonyl (C=O) groups excluding carboxylic acids is 1. The molecular formula is C17H11F2N5O2S. The lowest BCUT2D eigenvalue weighted by molar-refractivity contribution is 0.0993. The summed E-state index contributed by atoms with van der Waals surface area (Å²) in [6.45, 7) is 1.84. The zero-order valence-electron chi connectivity index (χ0n) is 13.9. The summed E-state index contributed by atoms with van der Waals surface area (Å²) in [7, 11) is 0. The van der Waals surface area contributed by atoms with Gasteiger partial charge < -0.3 is 4.74 Å². The van der Waals surface area contributed by atoms with Crippen LogP contribution in [-0.4, -0.2) is 30.3 Å². The van der Waals surface area contributed by atoms with E-state index in [2.05, 4.69) is 20.1 Å². The minimum Gasteiger partial charge on any atom is -0.451 e. The second-order valence-corrected chi connectivity index (χ2v) is 6.58. The quantitative estimate of drug-likeness (QED) is 0.488. The lowest BCUT2D eigenvalue weighted by Crippen LogP contribution is -2.07.